The molecule has 1 atom stereocenters. The van der Waals surface area contributed by atoms with E-state index in [1.807, 2.05) is 0 Å². The van der Waals surface area contributed by atoms with Crippen LogP contribution in [0.1, 0.15) is 26.6 Å². The Hall–Kier alpha value is -2.12. The van der Waals surface area contributed by atoms with Crippen LogP contribution in [0.2, 0.25) is 0 Å². The molecule has 1 rings (SSSR count). The second kappa shape index (κ2) is 5.48. The summed E-state index contributed by atoms with van der Waals surface area (Å²) in [7, 11) is 0. The van der Waals surface area contributed by atoms with E-state index in [0.29, 0.717) is 5.82 Å². The van der Waals surface area contributed by atoms with Crippen molar-refractivity contribution in [3.8, 4) is 0 Å². The van der Waals surface area contributed by atoms with Crippen molar-refractivity contribution in [2.45, 2.75) is 33.4 Å². The Balaban J connectivity index is 2.49. The number of amides is 2. The predicted molar refractivity (Wildman–Crippen MR) is 60.5 cm³/mol. The van der Waals surface area contributed by atoms with Crippen molar-refractivity contribution in [2.75, 3.05) is 0 Å². The van der Waals surface area contributed by atoms with E-state index < -0.39 is 23.5 Å². The van der Waals surface area contributed by atoms with Gasteiger partial charge in [-0.3, -0.25) is 0 Å². The lowest BCUT2D eigenvalue weighted by Gasteiger charge is -2.27. The Morgan fingerprint density at radius 3 is 2.61 bits per heavy atom. The zero-order chi connectivity index (χ0) is 13.8. The molecule has 0 aliphatic heterocycles. The smallest absolute Gasteiger partial charge is 0.326 e. The third kappa shape index (κ3) is 4.04. The molecule has 0 spiro atoms. The normalized spacial score (nSPS) is 12.8. The number of carbonyl (C=O) groups is 2. The Morgan fingerprint density at radius 1 is 1.50 bits per heavy atom. The fourth-order valence-electron chi connectivity index (χ4n) is 1.26. The summed E-state index contributed by atoms with van der Waals surface area (Å²) in [4.78, 5) is 26.3. The summed E-state index contributed by atoms with van der Waals surface area (Å²) in [5.41, 5.74) is -0.588. The van der Waals surface area contributed by atoms with E-state index in [2.05, 4.69) is 25.3 Å². The zero-order valence-electron chi connectivity index (χ0n) is 10.4. The van der Waals surface area contributed by atoms with Crippen molar-refractivity contribution >= 4 is 12.0 Å². The van der Waals surface area contributed by atoms with E-state index in [1.165, 1.54) is 0 Å². The van der Waals surface area contributed by atoms with E-state index in [9.17, 15) is 9.59 Å². The molecular formula is C10H16N4O4. The minimum atomic E-state index is -1.09. The number of carbonyl (C=O) groups excluding carboxylic acids is 1. The number of nitrogens with one attached hydrogen (secondary N) is 2. The first-order valence-corrected chi connectivity index (χ1v) is 5.33. The molecule has 0 aromatic carbocycles. The van der Waals surface area contributed by atoms with Crippen LogP contribution < -0.4 is 10.6 Å². The van der Waals surface area contributed by atoms with Gasteiger partial charge >= 0.3 is 12.0 Å². The molecule has 18 heavy (non-hydrogen) atoms. The molecule has 3 N–H and O–H groups in total. The summed E-state index contributed by atoms with van der Waals surface area (Å²) >= 11 is 0. The highest BCUT2D eigenvalue weighted by atomic mass is 16.5. The van der Waals surface area contributed by atoms with E-state index >= 15 is 0 Å². The molecule has 0 saturated heterocycles. The summed E-state index contributed by atoms with van der Waals surface area (Å²) < 4.78 is 4.49. The van der Waals surface area contributed by atoms with E-state index in [1.54, 1.807) is 20.8 Å². The van der Waals surface area contributed by atoms with Gasteiger partial charge in [-0.2, -0.15) is 4.98 Å². The molecule has 1 unspecified atom stereocenters. The third-order valence-electron chi connectivity index (χ3n) is 2.20. The lowest BCUT2D eigenvalue weighted by atomic mass is 9.87. The Morgan fingerprint density at radius 2 is 2.17 bits per heavy atom. The lowest BCUT2D eigenvalue weighted by molar-refractivity contribution is -0.141. The summed E-state index contributed by atoms with van der Waals surface area (Å²) in [6, 6.07) is -1.58. The van der Waals surface area contributed by atoms with Gasteiger partial charge in [0.15, 0.2) is 5.82 Å². The highest BCUT2D eigenvalue weighted by Gasteiger charge is 2.32. The first-order chi connectivity index (χ1) is 8.30. The summed E-state index contributed by atoms with van der Waals surface area (Å²) in [6.07, 6.45) is 1.14. The van der Waals surface area contributed by atoms with E-state index in [4.69, 9.17) is 5.11 Å². The van der Waals surface area contributed by atoms with Crippen LogP contribution in [-0.4, -0.2) is 33.3 Å². The van der Waals surface area contributed by atoms with Gasteiger partial charge in [0.2, 0.25) is 6.39 Å². The standard InChI is InChI=1S/C10H16N4O4/c1-10(2,3)7(8(15)16)13-9(17)11-4-6-12-5-18-14-6/h5,7H,4H2,1-3H3,(H,15,16)(H2,11,13,17). The van der Waals surface area contributed by atoms with Gasteiger partial charge in [0.1, 0.15) is 6.04 Å². The van der Waals surface area contributed by atoms with Crippen molar-refractivity contribution < 1.29 is 19.2 Å². The molecule has 0 radical (unpaired) electrons. The van der Waals surface area contributed by atoms with Gasteiger partial charge in [0.25, 0.3) is 0 Å². The second-order valence-electron chi connectivity index (χ2n) is 4.81. The van der Waals surface area contributed by atoms with Crippen LogP contribution in [0, 0.1) is 5.41 Å². The summed E-state index contributed by atoms with van der Waals surface area (Å²) in [5.74, 6) is -0.773. The monoisotopic (exact) mass is 256 g/mol. The van der Waals surface area contributed by atoms with Crippen LogP contribution in [-0.2, 0) is 11.3 Å². The average molecular weight is 256 g/mol. The summed E-state index contributed by atoms with van der Waals surface area (Å²) in [5, 5.41) is 17.4. The third-order valence-corrected chi connectivity index (χ3v) is 2.20. The maximum Gasteiger partial charge on any atom is 0.326 e. The molecule has 0 saturated carbocycles. The van der Waals surface area contributed by atoms with E-state index in [0.717, 1.165) is 6.39 Å². The molecule has 8 heteroatoms. The maximum atomic E-state index is 11.5. The number of aliphatic carboxylic acids is 1. The Labute approximate surface area is 104 Å². The molecule has 0 aliphatic rings. The van der Waals surface area contributed by atoms with Crippen LogP contribution in [0.25, 0.3) is 0 Å². The number of aromatic nitrogens is 2. The molecule has 2 amide bonds. The molecule has 100 valence electrons. The Kier molecular flexibility index (Phi) is 4.24. The van der Waals surface area contributed by atoms with Gasteiger partial charge in [-0.1, -0.05) is 25.9 Å². The lowest BCUT2D eigenvalue weighted by Crippen LogP contribution is -2.52. The molecular weight excluding hydrogens is 240 g/mol. The molecule has 0 fully saturated rings. The van der Waals surface area contributed by atoms with Crippen molar-refractivity contribution in [3.05, 3.63) is 12.2 Å². The SMILES string of the molecule is CC(C)(C)C(NC(=O)NCc1ncon1)C(=O)O. The molecule has 1 aromatic rings. The number of urea groups is 1. The minimum absolute atomic E-state index is 0.0683. The number of carboxylic acids is 1. The van der Waals surface area contributed by atoms with Gasteiger partial charge in [0.05, 0.1) is 6.54 Å². The zero-order valence-corrected chi connectivity index (χ0v) is 10.4. The van der Waals surface area contributed by atoms with E-state index in [-0.39, 0.29) is 6.54 Å². The van der Waals surface area contributed by atoms with Gasteiger partial charge < -0.3 is 20.3 Å². The predicted octanol–water partition coefficient (Wildman–Crippen LogP) is 0.368. The van der Waals surface area contributed by atoms with Crippen molar-refractivity contribution in [3.63, 3.8) is 0 Å². The highest BCUT2D eigenvalue weighted by molar-refractivity contribution is 5.83. The van der Waals surface area contributed by atoms with Gasteiger partial charge in [-0.25, -0.2) is 9.59 Å². The van der Waals surface area contributed by atoms with Crippen LogP contribution in [0.4, 0.5) is 4.79 Å². The number of nitrogens with zero attached hydrogens (tertiary/aromatic N) is 2. The number of hydrogen-bond donors (Lipinski definition) is 3. The van der Waals surface area contributed by atoms with Crippen LogP contribution in [0.15, 0.2) is 10.9 Å². The quantitative estimate of drug-likeness (QED) is 0.716. The summed E-state index contributed by atoms with van der Waals surface area (Å²) in [6.45, 7) is 5.25. The fourth-order valence-corrected chi connectivity index (χ4v) is 1.26. The average Bonchev–Trinajstić information content (AvgIpc) is 2.73. The fraction of sp³-hybridized carbons (Fsp3) is 0.600. The molecule has 1 heterocycles. The van der Waals surface area contributed by atoms with Gasteiger partial charge in [-0.15, -0.1) is 0 Å². The minimum Gasteiger partial charge on any atom is -0.480 e. The maximum absolute atomic E-state index is 11.5. The number of carboxylic acid groups (broad SMARTS) is 1. The molecule has 1 aromatic heterocycles. The van der Waals surface area contributed by atoms with Crippen molar-refractivity contribution in [1.29, 1.82) is 0 Å². The highest BCUT2D eigenvalue weighted by Crippen LogP contribution is 2.19. The first-order valence-electron chi connectivity index (χ1n) is 5.33. The van der Waals surface area contributed by atoms with Crippen LogP contribution in [0.3, 0.4) is 0 Å². The van der Waals surface area contributed by atoms with Crippen LogP contribution in [0.5, 0.6) is 0 Å². The number of hydrogen-bond acceptors (Lipinski definition) is 5. The molecule has 0 bridgehead atoms. The molecule has 0 aliphatic carbocycles. The van der Waals surface area contributed by atoms with Crippen LogP contribution >= 0.6 is 0 Å². The Bertz CT molecular complexity index is 410. The topological polar surface area (TPSA) is 117 Å². The second-order valence-corrected chi connectivity index (χ2v) is 4.81. The van der Waals surface area contributed by atoms with Gasteiger partial charge in [-0.05, 0) is 5.41 Å². The largest absolute Gasteiger partial charge is 0.480 e. The van der Waals surface area contributed by atoms with Crippen molar-refractivity contribution in [1.82, 2.24) is 20.8 Å². The van der Waals surface area contributed by atoms with Gasteiger partial charge in [0, 0.05) is 0 Å². The number of rotatable bonds is 4. The van der Waals surface area contributed by atoms with Crippen molar-refractivity contribution in [2.24, 2.45) is 5.41 Å². The first kappa shape index (κ1) is 13.9. The molecule has 8 nitrogen and oxygen atoms in total.